The summed E-state index contributed by atoms with van der Waals surface area (Å²) in [4.78, 5) is 19.5. The molecule has 32 heavy (non-hydrogen) atoms. The zero-order valence-electron chi connectivity index (χ0n) is 17.6. The predicted molar refractivity (Wildman–Crippen MR) is 134 cm³/mol. The van der Waals surface area contributed by atoms with E-state index in [2.05, 4.69) is 9.97 Å². The Morgan fingerprint density at radius 3 is 0.969 bits per heavy atom. The Labute approximate surface area is 189 Å². The molecule has 0 fully saturated rings. The molecular weight excluding hydrogens is 408 g/mol. The van der Waals surface area contributed by atoms with Crippen molar-refractivity contribution in [2.45, 2.75) is 0 Å². The molecule has 0 aliphatic carbocycles. The van der Waals surface area contributed by atoms with Gasteiger partial charge in [0, 0.05) is 24.8 Å². The summed E-state index contributed by atoms with van der Waals surface area (Å²) in [5.41, 5.74) is 2.35. The van der Waals surface area contributed by atoms with E-state index in [0.29, 0.717) is 0 Å². The van der Waals surface area contributed by atoms with Crippen LogP contribution in [-0.4, -0.2) is 23.1 Å². The average molecular weight is 433 g/mol. The largest absolute Gasteiger partial charge is 0.421 e. The SMILES string of the molecule is O[Si](c1ccccc1)(c1ccccc1)c1ccccc1.c1cc(-c2ccncc2)ccn1. The fourth-order valence-corrected chi connectivity index (χ4v) is 6.65. The third-order valence-corrected chi connectivity index (χ3v) is 8.78. The summed E-state index contributed by atoms with van der Waals surface area (Å²) in [6, 6.07) is 37.9. The Balaban J connectivity index is 0.000000174. The second-order valence-electron chi connectivity index (χ2n) is 7.28. The molecule has 5 aromatic rings. The highest BCUT2D eigenvalue weighted by Crippen LogP contribution is 2.15. The van der Waals surface area contributed by atoms with Crippen LogP contribution in [0.5, 0.6) is 0 Å². The summed E-state index contributed by atoms with van der Waals surface area (Å²) >= 11 is 0. The molecule has 3 nitrogen and oxygen atoms in total. The van der Waals surface area contributed by atoms with Gasteiger partial charge in [0.25, 0.3) is 8.32 Å². The van der Waals surface area contributed by atoms with Crippen molar-refractivity contribution in [2.24, 2.45) is 0 Å². The molecule has 3 aromatic carbocycles. The van der Waals surface area contributed by atoms with Gasteiger partial charge in [-0.15, -0.1) is 0 Å². The second-order valence-corrected chi connectivity index (χ2v) is 10.4. The number of hydrogen-bond acceptors (Lipinski definition) is 3. The van der Waals surface area contributed by atoms with Crippen molar-refractivity contribution in [3.8, 4) is 11.1 Å². The Morgan fingerprint density at radius 2 is 0.688 bits per heavy atom. The van der Waals surface area contributed by atoms with E-state index < -0.39 is 8.32 Å². The van der Waals surface area contributed by atoms with Crippen LogP contribution in [0.15, 0.2) is 140 Å². The van der Waals surface area contributed by atoms with Crippen LogP contribution in [0.1, 0.15) is 0 Å². The Bertz CT molecular complexity index is 1070. The Morgan fingerprint density at radius 1 is 0.406 bits per heavy atom. The van der Waals surface area contributed by atoms with E-state index in [1.54, 1.807) is 24.8 Å². The lowest BCUT2D eigenvalue weighted by atomic mass is 10.1. The maximum absolute atomic E-state index is 11.6. The van der Waals surface area contributed by atoms with E-state index in [0.717, 1.165) is 15.6 Å². The minimum atomic E-state index is -2.88. The molecule has 4 heteroatoms. The van der Waals surface area contributed by atoms with Crippen molar-refractivity contribution >= 4 is 23.9 Å². The fraction of sp³-hybridized carbons (Fsp3) is 0. The molecule has 0 bridgehead atoms. The first-order chi connectivity index (χ1) is 15.8. The molecular formula is C28H24N2OSi. The normalized spacial score (nSPS) is 10.7. The fourth-order valence-electron chi connectivity index (χ4n) is 3.63. The van der Waals surface area contributed by atoms with E-state index in [1.165, 1.54) is 11.1 Å². The molecule has 1 N–H and O–H groups in total. The molecule has 2 heterocycles. The number of nitrogens with zero attached hydrogens (tertiary/aromatic N) is 2. The molecule has 0 aliphatic heterocycles. The van der Waals surface area contributed by atoms with Gasteiger partial charge in [0.15, 0.2) is 0 Å². The van der Waals surface area contributed by atoms with Crippen LogP contribution in [0.25, 0.3) is 11.1 Å². The zero-order chi connectivity index (χ0) is 22.1. The summed E-state index contributed by atoms with van der Waals surface area (Å²) < 4.78 is 0. The Kier molecular flexibility index (Phi) is 6.97. The van der Waals surface area contributed by atoms with Gasteiger partial charge in [-0.1, -0.05) is 91.0 Å². The molecule has 0 unspecified atom stereocenters. The highest BCUT2D eigenvalue weighted by molar-refractivity contribution is 7.06. The van der Waals surface area contributed by atoms with E-state index in [9.17, 15) is 4.80 Å². The lowest BCUT2D eigenvalue weighted by Crippen LogP contribution is -2.67. The van der Waals surface area contributed by atoms with E-state index in [-0.39, 0.29) is 0 Å². The van der Waals surface area contributed by atoms with Gasteiger partial charge in [0.2, 0.25) is 0 Å². The minimum absolute atomic E-state index is 1.01. The molecule has 0 aliphatic rings. The smallest absolute Gasteiger partial charge is 0.285 e. The van der Waals surface area contributed by atoms with E-state index in [1.807, 2.05) is 115 Å². The van der Waals surface area contributed by atoms with Gasteiger partial charge in [0.05, 0.1) is 0 Å². The molecule has 0 amide bonds. The summed E-state index contributed by atoms with van der Waals surface area (Å²) in [7, 11) is -2.88. The van der Waals surface area contributed by atoms with Gasteiger partial charge < -0.3 is 4.80 Å². The molecule has 0 saturated heterocycles. The Hall–Kier alpha value is -3.86. The first-order valence-electron chi connectivity index (χ1n) is 10.5. The van der Waals surface area contributed by atoms with Crippen LogP contribution < -0.4 is 15.6 Å². The lowest BCUT2D eigenvalue weighted by molar-refractivity contribution is 0.583. The highest BCUT2D eigenvalue weighted by Gasteiger charge is 2.37. The monoisotopic (exact) mass is 432 g/mol. The first-order valence-corrected chi connectivity index (χ1v) is 12.4. The quantitative estimate of drug-likeness (QED) is 0.347. The summed E-state index contributed by atoms with van der Waals surface area (Å²) in [5, 5.41) is 3.03. The van der Waals surface area contributed by atoms with Crippen molar-refractivity contribution in [3.63, 3.8) is 0 Å². The van der Waals surface area contributed by atoms with Gasteiger partial charge in [-0.25, -0.2) is 0 Å². The van der Waals surface area contributed by atoms with Crippen LogP contribution in [0.4, 0.5) is 0 Å². The predicted octanol–water partition coefficient (Wildman–Crippen LogP) is 3.79. The van der Waals surface area contributed by atoms with Crippen molar-refractivity contribution < 1.29 is 4.80 Å². The highest BCUT2D eigenvalue weighted by atomic mass is 28.4. The van der Waals surface area contributed by atoms with Crippen molar-refractivity contribution in [3.05, 3.63) is 140 Å². The molecule has 2 aromatic heterocycles. The minimum Gasteiger partial charge on any atom is -0.421 e. The molecule has 0 radical (unpaired) electrons. The van der Waals surface area contributed by atoms with Crippen LogP contribution in [-0.2, 0) is 0 Å². The van der Waals surface area contributed by atoms with E-state index in [4.69, 9.17) is 0 Å². The lowest BCUT2D eigenvalue weighted by Gasteiger charge is -2.26. The summed E-state index contributed by atoms with van der Waals surface area (Å²) in [5.74, 6) is 0. The molecule has 0 atom stereocenters. The van der Waals surface area contributed by atoms with Crippen molar-refractivity contribution in [2.75, 3.05) is 0 Å². The number of rotatable bonds is 4. The number of pyridine rings is 2. The zero-order valence-corrected chi connectivity index (χ0v) is 18.6. The third-order valence-electron chi connectivity index (χ3n) is 5.27. The van der Waals surface area contributed by atoms with Crippen LogP contribution in [0.3, 0.4) is 0 Å². The standard InChI is InChI=1S/C18H16OSi.C10H8N2/c19-20(16-10-4-1-5-11-16,17-12-6-2-7-13-17)18-14-8-3-9-15-18;1-5-11-6-2-9(1)10-3-7-12-8-4-10/h1-15,19H;1-8H. The van der Waals surface area contributed by atoms with Crippen molar-refractivity contribution in [1.82, 2.24) is 9.97 Å². The number of benzene rings is 3. The van der Waals surface area contributed by atoms with Gasteiger partial charge in [-0.2, -0.15) is 0 Å². The van der Waals surface area contributed by atoms with Crippen LogP contribution >= 0.6 is 0 Å². The van der Waals surface area contributed by atoms with Gasteiger partial charge in [-0.05, 0) is 51.0 Å². The summed E-state index contributed by atoms with van der Waals surface area (Å²) in [6.45, 7) is 0. The molecule has 156 valence electrons. The number of hydrogen-bond donors (Lipinski definition) is 1. The molecule has 5 rings (SSSR count). The van der Waals surface area contributed by atoms with Crippen LogP contribution in [0, 0.1) is 0 Å². The third kappa shape index (κ3) is 4.89. The second kappa shape index (κ2) is 10.4. The van der Waals surface area contributed by atoms with Gasteiger partial charge >= 0.3 is 0 Å². The van der Waals surface area contributed by atoms with Gasteiger partial charge in [-0.3, -0.25) is 9.97 Å². The molecule has 0 saturated carbocycles. The van der Waals surface area contributed by atoms with Crippen molar-refractivity contribution in [1.29, 1.82) is 0 Å². The average Bonchev–Trinajstić information content (AvgIpc) is 2.91. The van der Waals surface area contributed by atoms with E-state index >= 15 is 0 Å². The first kappa shape index (κ1) is 21.4. The summed E-state index contributed by atoms with van der Waals surface area (Å²) in [6.07, 6.45) is 7.15. The molecule has 0 spiro atoms. The maximum Gasteiger partial charge on any atom is 0.285 e. The topological polar surface area (TPSA) is 46.0 Å². The number of aromatic nitrogens is 2. The maximum atomic E-state index is 11.6. The van der Waals surface area contributed by atoms with Gasteiger partial charge in [0.1, 0.15) is 0 Å². The van der Waals surface area contributed by atoms with Crippen LogP contribution in [0.2, 0.25) is 0 Å².